The third-order valence-corrected chi connectivity index (χ3v) is 3.97. The van der Waals surface area contributed by atoms with Gasteiger partial charge >= 0.3 is 5.97 Å². The van der Waals surface area contributed by atoms with E-state index in [0.29, 0.717) is 18.2 Å². The van der Waals surface area contributed by atoms with Gasteiger partial charge in [-0.15, -0.1) is 0 Å². The van der Waals surface area contributed by atoms with E-state index in [0.717, 1.165) is 17.7 Å². The van der Waals surface area contributed by atoms with Gasteiger partial charge in [-0.25, -0.2) is 9.78 Å². The molecule has 0 atom stereocenters. The molecule has 0 aliphatic rings. The normalized spacial score (nSPS) is 10.3. The maximum atomic E-state index is 10.8. The third-order valence-electron chi connectivity index (χ3n) is 3.97. The van der Waals surface area contributed by atoms with Crippen LogP contribution in [0.2, 0.25) is 0 Å². The van der Waals surface area contributed by atoms with E-state index in [9.17, 15) is 4.79 Å². The lowest BCUT2D eigenvalue weighted by Gasteiger charge is -2.11. The zero-order valence-corrected chi connectivity index (χ0v) is 15.5. The molecule has 28 heavy (non-hydrogen) atoms. The van der Waals surface area contributed by atoms with Crippen LogP contribution in [0.5, 0.6) is 11.6 Å². The number of hydrogen-bond donors (Lipinski definition) is 2. The largest absolute Gasteiger partial charge is 0.497 e. The minimum Gasteiger partial charge on any atom is -0.497 e. The van der Waals surface area contributed by atoms with E-state index in [1.54, 1.807) is 13.2 Å². The van der Waals surface area contributed by atoms with Crippen molar-refractivity contribution in [3.8, 4) is 22.9 Å². The summed E-state index contributed by atoms with van der Waals surface area (Å²) in [4.78, 5) is 19.6. The average Bonchev–Trinajstić information content (AvgIpc) is 2.73. The van der Waals surface area contributed by atoms with Crippen LogP contribution in [0.25, 0.3) is 11.3 Å². The van der Waals surface area contributed by atoms with Gasteiger partial charge in [0.05, 0.1) is 12.8 Å². The van der Waals surface area contributed by atoms with Crippen LogP contribution in [0.4, 0.5) is 5.95 Å². The van der Waals surface area contributed by atoms with Crippen molar-refractivity contribution in [1.29, 1.82) is 0 Å². The van der Waals surface area contributed by atoms with Crippen molar-refractivity contribution in [2.75, 3.05) is 25.6 Å². The van der Waals surface area contributed by atoms with Crippen LogP contribution in [-0.2, 0) is 11.2 Å². The maximum absolute atomic E-state index is 10.8. The molecule has 1 aromatic heterocycles. The SMILES string of the molecule is COc1ccc(-c2cc(OCC(=O)O)nc(NCCc3ccccc3)n2)cc1. The fourth-order valence-corrected chi connectivity index (χ4v) is 2.59. The van der Waals surface area contributed by atoms with Gasteiger partial charge in [0, 0.05) is 18.2 Å². The van der Waals surface area contributed by atoms with Crippen molar-refractivity contribution in [3.05, 3.63) is 66.2 Å². The Morgan fingerprint density at radius 1 is 1.07 bits per heavy atom. The highest BCUT2D eigenvalue weighted by atomic mass is 16.5. The molecule has 2 aromatic carbocycles. The van der Waals surface area contributed by atoms with Crippen molar-refractivity contribution in [2.24, 2.45) is 0 Å². The van der Waals surface area contributed by atoms with Gasteiger partial charge < -0.3 is 19.9 Å². The molecule has 2 N–H and O–H groups in total. The second-order valence-electron chi connectivity index (χ2n) is 5.99. The number of methoxy groups -OCH3 is 1. The van der Waals surface area contributed by atoms with Crippen molar-refractivity contribution in [1.82, 2.24) is 9.97 Å². The van der Waals surface area contributed by atoms with Crippen LogP contribution < -0.4 is 14.8 Å². The molecule has 0 fully saturated rings. The minimum absolute atomic E-state index is 0.199. The first-order valence-corrected chi connectivity index (χ1v) is 8.80. The number of benzene rings is 2. The predicted molar refractivity (Wildman–Crippen MR) is 106 cm³/mol. The zero-order chi connectivity index (χ0) is 19.8. The molecule has 1 heterocycles. The molecule has 7 nitrogen and oxygen atoms in total. The molecule has 7 heteroatoms. The Morgan fingerprint density at radius 3 is 2.50 bits per heavy atom. The molecule has 0 spiro atoms. The molecule has 0 bridgehead atoms. The van der Waals surface area contributed by atoms with E-state index in [-0.39, 0.29) is 5.88 Å². The fourth-order valence-electron chi connectivity index (χ4n) is 2.59. The lowest BCUT2D eigenvalue weighted by atomic mass is 10.1. The van der Waals surface area contributed by atoms with Gasteiger partial charge in [0.25, 0.3) is 0 Å². The van der Waals surface area contributed by atoms with Gasteiger partial charge in [0.15, 0.2) is 6.61 Å². The molecule has 3 aromatic rings. The van der Waals surface area contributed by atoms with Gasteiger partial charge in [-0.3, -0.25) is 0 Å². The highest BCUT2D eigenvalue weighted by molar-refractivity contribution is 5.68. The topological polar surface area (TPSA) is 93.6 Å². The lowest BCUT2D eigenvalue weighted by Crippen LogP contribution is -2.13. The van der Waals surface area contributed by atoms with E-state index in [1.807, 2.05) is 42.5 Å². The number of aromatic nitrogens is 2. The average molecular weight is 379 g/mol. The molecule has 0 amide bonds. The van der Waals surface area contributed by atoms with E-state index >= 15 is 0 Å². The van der Waals surface area contributed by atoms with E-state index in [4.69, 9.17) is 14.6 Å². The molecule has 144 valence electrons. The first kappa shape index (κ1) is 19.2. The van der Waals surface area contributed by atoms with Crippen molar-refractivity contribution >= 4 is 11.9 Å². The molecule has 0 radical (unpaired) electrons. The monoisotopic (exact) mass is 379 g/mol. The van der Waals surface area contributed by atoms with Crippen LogP contribution in [0.3, 0.4) is 0 Å². The van der Waals surface area contributed by atoms with Crippen LogP contribution in [0.15, 0.2) is 60.7 Å². The summed E-state index contributed by atoms with van der Waals surface area (Å²) in [7, 11) is 1.60. The Balaban J connectivity index is 1.78. The van der Waals surface area contributed by atoms with E-state index in [1.165, 1.54) is 5.56 Å². The van der Waals surface area contributed by atoms with Gasteiger partial charge in [-0.2, -0.15) is 4.98 Å². The number of hydrogen-bond acceptors (Lipinski definition) is 6. The smallest absolute Gasteiger partial charge is 0.341 e. The van der Waals surface area contributed by atoms with Crippen molar-refractivity contribution in [3.63, 3.8) is 0 Å². The molecule has 0 unspecified atom stereocenters. The summed E-state index contributed by atoms with van der Waals surface area (Å²) in [6.45, 7) is 0.164. The second kappa shape index (κ2) is 9.36. The fraction of sp³-hybridized carbons (Fsp3) is 0.190. The molecule has 0 aliphatic carbocycles. The molecule has 0 aliphatic heterocycles. The summed E-state index contributed by atoms with van der Waals surface area (Å²) in [5.41, 5.74) is 2.67. The number of carboxylic acids is 1. The van der Waals surface area contributed by atoms with Crippen molar-refractivity contribution < 1.29 is 19.4 Å². The first-order chi connectivity index (χ1) is 13.6. The Bertz CT molecular complexity index is 915. The number of anilines is 1. The summed E-state index contributed by atoms with van der Waals surface area (Å²) in [5.74, 6) is 0.250. The Morgan fingerprint density at radius 2 is 1.82 bits per heavy atom. The van der Waals surface area contributed by atoms with Gasteiger partial charge in [-0.05, 0) is 36.2 Å². The van der Waals surface area contributed by atoms with Gasteiger partial charge in [0.2, 0.25) is 11.8 Å². The first-order valence-electron chi connectivity index (χ1n) is 8.80. The summed E-state index contributed by atoms with van der Waals surface area (Å²) in [6.07, 6.45) is 0.808. The van der Waals surface area contributed by atoms with Crippen LogP contribution in [-0.4, -0.2) is 41.3 Å². The standard InChI is InChI=1S/C21H21N3O4/c1-27-17-9-7-16(8-10-17)18-13-19(28-14-20(25)26)24-21(23-18)22-12-11-15-5-3-2-4-6-15/h2-10,13H,11-12,14H2,1H3,(H,25,26)(H,22,23,24). The summed E-state index contributed by atoms with van der Waals surface area (Å²) >= 11 is 0. The maximum Gasteiger partial charge on any atom is 0.341 e. The second-order valence-corrected chi connectivity index (χ2v) is 5.99. The molecular formula is C21H21N3O4. The molecule has 3 rings (SSSR count). The Labute approximate surface area is 163 Å². The zero-order valence-electron chi connectivity index (χ0n) is 15.5. The number of rotatable bonds is 9. The third kappa shape index (κ3) is 5.44. The lowest BCUT2D eigenvalue weighted by molar-refractivity contribution is -0.139. The molecule has 0 saturated heterocycles. The van der Waals surface area contributed by atoms with Crippen LogP contribution in [0, 0.1) is 0 Å². The number of ether oxygens (including phenoxy) is 2. The highest BCUT2D eigenvalue weighted by Crippen LogP contribution is 2.24. The number of nitrogens with zero attached hydrogens (tertiary/aromatic N) is 2. The summed E-state index contributed by atoms with van der Waals surface area (Å²) < 4.78 is 10.4. The summed E-state index contributed by atoms with van der Waals surface area (Å²) in [5, 5.41) is 12.0. The summed E-state index contributed by atoms with van der Waals surface area (Å²) in [6, 6.07) is 19.1. The number of carbonyl (C=O) groups is 1. The van der Waals surface area contributed by atoms with E-state index < -0.39 is 12.6 Å². The molecular weight excluding hydrogens is 358 g/mol. The van der Waals surface area contributed by atoms with Gasteiger partial charge in [0.1, 0.15) is 5.75 Å². The molecule has 0 saturated carbocycles. The number of nitrogens with one attached hydrogen (secondary N) is 1. The Kier molecular flexibility index (Phi) is 6.41. The van der Waals surface area contributed by atoms with Crippen LogP contribution in [0.1, 0.15) is 5.56 Å². The minimum atomic E-state index is -1.07. The number of aliphatic carboxylic acids is 1. The van der Waals surface area contributed by atoms with E-state index in [2.05, 4.69) is 27.4 Å². The van der Waals surface area contributed by atoms with Gasteiger partial charge in [-0.1, -0.05) is 30.3 Å². The predicted octanol–water partition coefficient (Wildman–Crippen LogP) is 3.27. The Hall–Kier alpha value is -3.61. The van der Waals surface area contributed by atoms with Crippen molar-refractivity contribution in [2.45, 2.75) is 6.42 Å². The van der Waals surface area contributed by atoms with Crippen LogP contribution >= 0.6 is 0 Å². The highest BCUT2D eigenvalue weighted by Gasteiger charge is 2.09. The number of carboxylic acid groups (broad SMARTS) is 1. The quantitative estimate of drug-likeness (QED) is 0.589.